The van der Waals surface area contributed by atoms with E-state index in [1.165, 1.54) is 16.5 Å². The fourth-order valence-corrected chi connectivity index (χ4v) is 2.80. The Kier molecular flexibility index (Phi) is 4.79. The number of carbonyl (C=O) groups excluding carboxylic acids is 1. The van der Waals surface area contributed by atoms with Gasteiger partial charge in [-0.3, -0.25) is 4.79 Å². The third-order valence-corrected chi connectivity index (χ3v) is 3.93. The molecule has 3 aromatic rings. The van der Waals surface area contributed by atoms with Gasteiger partial charge in [0.2, 0.25) is 5.88 Å². The Labute approximate surface area is 141 Å². The van der Waals surface area contributed by atoms with Crippen LogP contribution in [0, 0.1) is 6.92 Å². The number of aromatic nitrogens is 2. The molecule has 0 radical (unpaired) electrons. The van der Waals surface area contributed by atoms with Gasteiger partial charge in [0.05, 0.1) is 0 Å². The molecule has 0 aliphatic carbocycles. The van der Waals surface area contributed by atoms with Crippen LogP contribution >= 0.6 is 0 Å². The van der Waals surface area contributed by atoms with Crippen LogP contribution in [0.4, 0.5) is 0 Å². The summed E-state index contributed by atoms with van der Waals surface area (Å²) in [6.45, 7) is 4.05. The second-order valence-electron chi connectivity index (χ2n) is 5.94. The van der Waals surface area contributed by atoms with Gasteiger partial charge in [0.25, 0.3) is 5.91 Å². The molecule has 0 unspecified atom stereocenters. The van der Waals surface area contributed by atoms with Gasteiger partial charge in [-0.25, -0.2) is 4.98 Å². The molecular weight excluding hydrogens is 302 g/mol. The number of H-pyrrole nitrogens is 1. The summed E-state index contributed by atoms with van der Waals surface area (Å²) in [5, 5.41) is 4.17. The second-order valence-corrected chi connectivity index (χ2v) is 5.94. The summed E-state index contributed by atoms with van der Waals surface area (Å²) in [5.74, 6) is 0.302. The number of para-hydroxylation sites is 1. The van der Waals surface area contributed by atoms with Crippen molar-refractivity contribution in [1.29, 1.82) is 0 Å². The number of hydrogen-bond acceptors (Lipinski definition) is 3. The average Bonchev–Trinajstić information content (AvgIpc) is 2.98. The Hall–Kier alpha value is -2.82. The van der Waals surface area contributed by atoms with Crippen molar-refractivity contribution in [3.05, 3.63) is 59.9 Å². The minimum atomic E-state index is -0.149. The highest BCUT2D eigenvalue weighted by Crippen LogP contribution is 2.22. The smallest absolute Gasteiger partial charge is 0.258 e. The van der Waals surface area contributed by atoms with E-state index in [2.05, 4.69) is 40.4 Å². The van der Waals surface area contributed by atoms with E-state index in [0.29, 0.717) is 5.88 Å². The van der Waals surface area contributed by atoms with Crippen LogP contribution in [0.1, 0.15) is 18.1 Å². The van der Waals surface area contributed by atoms with E-state index in [1.807, 2.05) is 19.2 Å². The molecule has 0 fully saturated rings. The molecule has 24 heavy (non-hydrogen) atoms. The minimum absolute atomic E-state index is 0.0179. The Morgan fingerprint density at radius 1 is 1.29 bits per heavy atom. The molecule has 2 heterocycles. The van der Waals surface area contributed by atoms with E-state index >= 15 is 0 Å². The minimum Gasteiger partial charge on any atom is -0.468 e. The second kappa shape index (κ2) is 7.17. The molecule has 0 spiro atoms. The molecule has 0 saturated heterocycles. The fourth-order valence-electron chi connectivity index (χ4n) is 2.80. The van der Waals surface area contributed by atoms with Crippen molar-refractivity contribution in [2.75, 3.05) is 6.61 Å². The number of pyridine rings is 1. The summed E-state index contributed by atoms with van der Waals surface area (Å²) < 4.78 is 5.36. The zero-order valence-electron chi connectivity index (χ0n) is 13.9. The Morgan fingerprint density at radius 3 is 2.96 bits per heavy atom. The Bertz CT molecular complexity index is 827. The summed E-state index contributed by atoms with van der Waals surface area (Å²) >= 11 is 0. The van der Waals surface area contributed by atoms with Crippen molar-refractivity contribution >= 4 is 16.8 Å². The highest BCUT2D eigenvalue weighted by Gasteiger charge is 2.12. The van der Waals surface area contributed by atoms with Crippen molar-refractivity contribution in [2.45, 2.75) is 26.3 Å². The van der Waals surface area contributed by atoms with Crippen LogP contribution in [-0.2, 0) is 11.2 Å². The molecule has 1 amide bonds. The van der Waals surface area contributed by atoms with Gasteiger partial charge >= 0.3 is 0 Å². The number of hydrogen-bond donors (Lipinski definition) is 2. The fraction of sp³-hybridized carbons (Fsp3) is 0.263. The summed E-state index contributed by atoms with van der Waals surface area (Å²) in [5.41, 5.74) is 3.58. The van der Waals surface area contributed by atoms with Crippen LogP contribution in [0.25, 0.3) is 10.9 Å². The molecule has 2 aromatic heterocycles. The summed E-state index contributed by atoms with van der Waals surface area (Å²) in [7, 11) is 0. The number of fused-ring (bicyclic) bond motifs is 1. The van der Waals surface area contributed by atoms with Crippen LogP contribution in [0.3, 0.4) is 0 Å². The SMILES string of the molecule is Cc1cccc2c(C[C@@H](C)NC(=O)COc3ccccn3)c[nH]c12. The molecule has 1 aromatic carbocycles. The first kappa shape index (κ1) is 16.1. The molecule has 3 rings (SSSR count). The van der Waals surface area contributed by atoms with Crippen molar-refractivity contribution in [3.63, 3.8) is 0 Å². The molecule has 5 nitrogen and oxygen atoms in total. The quantitative estimate of drug-likeness (QED) is 0.733. The molecule has 124 valence electrons. The maximum atomic E-state index is 12.0. The number of rotatable bonds is 6. The number of benzene rings is 1. The molecule has 0 aliphatic rings. The Morgan fingerprint density at radius 2 is 2.17 bits per heavy atom. The average molecular weight is 323 g/mol. The standard InChI is InChI=1S/C19H21N3O2/c1-13-6-5-7-16-15(11-21-19(13)16)10-14(2)22-17(23)12-24-18-8-3-4-9-20-18/h3-9,11,14,21H,10,12H2,1-2H3,(H,22,23)/t14-/m1/s1. The predicted octanol–water partition coefficient (Wildman–Crippen LogP) is 3.00. The molecule has 2 N–H and O–H groups in total. The van der Waals surface area contributed by atoms with E-state index in [4.69, 9.17) is 4.74 Å². The van der Waals surface area contributed by atoms with Crippen LogP contribution in [0.2, 0.25) is 0 Å². The first-order valence-electron chi connectivity index (χ1n) is 8.02. The van der Waals surface area contributed by atoms with E-state index in [0.717, 1.165) is 11.9 Å². The van der Waals surface area contributed by atoms with Gasteiger partial charge in [0.15, 0.2) is 6.61 Å². The van der Waals surface area contributed by atoms with Gasteiger partial charge in [0.1, 0.15) is 0 Å². The summed E-state index contributed by atoms with van der Waals surface area (Å²) in [6.07, 6.45) is 4.42. The van der Waals surface area contributed by atoms with Crippen LogP contribution in [0.15, 0.2) is 48.8 Å². The van der Waals surface area contributed by atoms with Crippen LogP contribution in [0.5, 0.6) is 5.88 Å². The molecule has 1 atom stereocenters. The van der Waals surface area contributed by atoms with Gasteiger partial charge in [0, 0.05) is 35.4 Å². The van der Waals surface area contributed by atoms with Crippen molar-refractivity contribution < 1.29 is 9.53 Å². The van der Waals surface area contributed by atoms with Gasteiger partial charge in [-0.2, -0.15) is 0 Å². The maximum absolute atomic E-state index is 12.0. The van der Waals surface area contributed by atoms with Gasteiger partial charge in [-0.15, -0.1) is 0 Å². The number of amides is 1. The topological polar surface area (TPSA) is 67.0 Å². The first-order valence-corrected chi connectivity index (χ1v) is 8.02. The lowest BCUT2D eigenvalue weighted by Crippen LogP contribution is -2.37. The largest absolute Gasteiger partial charge is 0.468 e. The van der Waals surface area contributed by atoms with E-state index in [-0.39, 0.29) is 18.6 Å². The number of aromatic amines is 1. The number of ether oxygens (including phenoxy) is 1. The highest BCUT2D eigenvalue weighted by atomic mass is 16.5. The summed E-state index contributed by atoms with van der Waals surface area (Å²) in [6, 6.07) is 11.6. The lowest BCUT2D eigenvalue weighted by molar-refractivity contribution is -0.123. The van der Waals surface area contributed by atoms with Crippen molar-refractivity contribution in [3.8, 4) is 5.88 Å². The van der Waals surface area contributed by atoms with E-state index in [1.54, 1.807) is 18.3 Å². The van der Waals surface area contributed by atoms with Gasteiger partial charge in [-0.05, 0) is 37.5 Å². The van der Waals surface area contributed by atoms with Crippen molar-refractivity contribution in [1.82, 2.24) is 15.3 Å². The number of aryl methyl sites for hydroxylation is 1. The van der Waals surface area contributed by atoms with Crippen LogP contribution in [-0.4, -0.2) is 28.5 Å². The lowest BCUT2D eigenvalue weighted by Gasteiger charge is -2.14. The van der Waals surface area contributed by atoms with Crippen LogP contribution < -0.4 is 10.1 Å². The molecule has 0 bridgehead atoms. The number of nitrogens with zero attached hydrogens (tertiary/aromatic N) is 1. The zero-order chi connectivity index (χ0) is 16.9. The third-order valence-electron chi connectivity index (χ3n) is 3.93. The van der Waals surface area contributed by atoms with E-state index < -0.39 is 0 Å². The maximum Gasteiger partial charge on any atom is 0.258 e. The van der Waals surface area contributed by atoms with E-state index in [9.17, 15) is 4.79 Å². The van der Waals surface area contributed by atoms with Gasteiger partial charge < -0.3 is 15.0 Å². The number of carbonyl (C=O) groups is 1. The predicted molar refractivity (Wildman–Crippen MR) is 94.1 cm³/mol. The van der Waals surface area contributed by atoms with Gasteiger partial charge in [-0.1, -0.05) is 24.3 Å². The number of nitrogens with one attached hydrogen (secondary N) is 2. The normalized spacial score (nSPS) is 12.1. The first-order chi connectivity index (χ1) is 11.6. The monoisotopic (exact) mass is 323 g/mol. The molecule has 0 saturated carbocycles. The Balaban J connectivity index is 1.55. The van der Waals surface area contributed by atoms with Crippen molar-refractivity contribution in [2.24, 2.45) is 0 Å². The lowest BCUT2D eigenvalue weighted by atomic mass is 10.0. The zero-order valence-corrected chi connectivity index (χ0v) is 13.9. The molecule has 0 aliphatic heterocycles. The summed E-state index contributed by atoms with van der Waals surface area (Å²) in [4.78, 5) is 19.3. The molecule has 5 heteroatoms. The highest BCUT2D eigenvalue weighted by molar-refractivity contribution is 5.86. The molecular formula is C19H21N3O2. The third kappa shape index (κ3) is 3.74.